The highest BCUT2D eigenvalue weighted by Gasteiger charge is 2.40. The van der Waals surface area contributed by atoms with Crippen LogP contribution in [0.5, 0.6) is 0 Å². The molecule has 37 heavy (non-hydrogen) atoms. The van der Waals surface area contributed by atoms with Crippen LogP contribution in [0, 0.1) is 23.2 Å². The zero-order valence-corrected chi connectivity index (χ0v) is 23.4. The van der Waals surface area contributed by atoms with E-state index in [1.165, 1.54) is 16.1 Å². The van der Waals surface area contributed by atoms with Crippen LogP contribution in [0.15, 0.2) is 35.7 Å². The maximum Gasteiger partial charge on any atom is 0.410 e. The molecular formula is C30H39N3O3S. The molecule has 6 nitrogen and oxygen atoms in total. The minimum absolute atomic E-state index is 0.0273. The lowest BCUT2D eigenvalue weighted by atomic mass is 9.82. The van der Waals surface area contributed by atoms with E-state index in [0.29, 0.717) is 13.0 Å². The van der Waals surface area contributed by atoms with E-state index >= 15 is 0 Å². The van der Waals surface area contributed by atoms with Gasteiger partial charge in [-0.3, -0.25) is 9.69 Å². The Balaban J connectivity index is 1.40. The van der Waals surface area contributed by atoms with Crippen LogP contribution in [0.3, 0.4) is 0 Å². The van der Waals surface area contributed by atoms with Gasteiger partial charge in [-0.25, -0.2) is 4.79 Å². The number of likely N-dealkylation sites (tertiary alicyclic amines) is 1. The van der Waals surface area contributed by atoms with Gasteiger partial charge in [-0.05, 0) is 87.1 Å². The van der Waals surface area contributed by atoms with Crippen LogP contribution in [0.1, 0.15) is 69.4 Å². The van der Waals surface area contributed by atoms with Crippen LogP contribution in [-0.2, 0) is 28.9 Å². The smallest absolute Gasteiger partial charge is 0.410 e. The van der Waals surface area contributed by atoms with Crippen molar-refractivity contribution >= 4 is 28.9 Å². The summed E-state index contributed by atoms with van der Waals surface area (Å²) in [5, 5.41) is 12.1. The number of ketones is 1. The Kier molecular flexibility index (Phi) is 8.59. The lowest BCUT2D eigenvalue weighted by molar-refractivity contribution is -0.128. The van der Waals surface area contributed by atoms with Crippen molar-refractivity contribution in [2.45, 2.75) is 84.4 Å². The average Bonchev–Trinajstić information content (AvgIpc) is 3.35. The summed E-state index contributed by atoms with van der Waals surface area (Å²) < 4.78 is 5.62. The first-order valence-electron chi connectivity index (χ1n) is 13.5. The lowest BCUT2D eigenvalue weighted by Crippen LogP contribution is -2.54. The van der Waals surface area contributed by atoms with Gasteiger partial charge in [0, 0.05) is 36.6 Å². The molecule has 1 saturated heterocycles. The molecule has 2 aromatic rings. The molecule has 0 bridgehead atoms. The monoisotopic (exact) mass is 521 g/mol. The number of piperidine rings is 1. The molecule has 198 valence electrons. The van der Waals surface area contributed by atoms with Gasteiger partial charge in [0.2, 0.25) is 0 Å². The molecule has 0 unspecified atom stereocenters. The number of rotatable bonds is 7. The second-order valence-electron chi connectivity index (χ2n) is 11.3. The maximum absolute atomic E-state index is 13.5. The lowest BCUT2D eigenvalue weighted by Gasteiger charge is -2.40. The van der Waals surface area contributed by atoms with Crippen LogP contribution < -0.4 is 4.90 Å². The summed E-state index contributed by atoms with van der Waals surface area (Å²) >= 11 is 1.84. The van der Waals surface area contributed by atoms with Crippen LogP contribution in [0.2, 0.25) is 0 Å². The van der Waals surface area contributed by atoms with Crippen molar-refractivity contribution in [1.82, 2.24) is 4.90 Å². The molecule has 0 spiro atoms. The van der Waals surface area contributed by atoms with E-state index in [-0.39, 0.29) is 18.1 Å². The number of carbonyl (C=O) groups is 2. The topological polar surface area (TPSA) is 73.6 Å². The number of carbonyl (C=O) groups excluding carboxylic acids is 2. The summed E-state index contributed by atoms with van der Waals surface area (Å²) in [7, 11) is 0. The molecule has 2 aliphatic rings. The number of fused-ring (bicyclic) bond motifs is 1. The zero-order valence-electron chi connectivity index (χ0n) is 22.5. The number of Topliss-reactive ketones (excluding diaryl/α,β-unsaturated/α-hetero) is 1. The maximum atomic E-state index is 13.5. The Morgan fingerprint density at radius 1 is 1.19 bits per heavy atom. The average molecular weight is 522 g/mol. The van der Waals surface area contributed by atoms with E-state index in [0.717, 1.165) is 44.3 Å². The van der Waals surface area contributed by atoms with Gasteiger partial charge in [-0.15, -0.1) is 11.3 Å². The van der Waals surface area contributed by atoms with E-state index in [1.54, 1.807) is 4.90 Å². The third kappa shape index (κ3) is 6.73. The van der Waals surface area contributed by atoms with Crippen molar-refractivity contribution in [1.29, 1.82) is 5.26 Å². The number of hydrogen-bond acceptors (Lipinski definition) is 6. The van der Waals surface area contributed by atoms with Crippen LogP contribution in [0.4, 0.5) is 10.5 Å². The molecule has 0 aliphatic carbocycles. The van der Waals surface area contributed by atoms with Crippen LogP contribution in [-0.4, -0.2) is 41.5 Å². The first-order valence-corrected chi connectivity index (χ1v) is 14.4. The highest BCUT2D eigenvalue weighted by atomic mass is 32.1. The Morgan fingerprint density at radius 3 is 2.62 bits per heavy atom. The van der Waals surface area contributed by atoms with Gasteiger partial charge in [0.05, 0.1) is 18.0 Å². The standard InChI is InChI=1S/C30H39N3O3S/c1-5-23-7-6-14-33(29(35)36-30(2,3)4)28(23)26(34)18-22(19-31)17-21-8-10-25(11-9-21)32-15-12-27-24(20-32)13-16-37-27/h8-11,13,16,22-23,28H,5-7,12,14-15,17-18,20H2,1-4H3/t22-,23-,28+/m1/s1. The second-order valence-corrected chi connectivity index (χ2v) is 12.3. The van der Waals surface area contributed by atoms with Crippen molar-refractivity contribution in [2.24, 2.45) is 11.8 Å². The predicted molar refractivity (Wildman–Crippen MR) is 148 cm³/mol. The molecule has 1 amide bonds. The molecule has 7 heteroatoms. The van der Waals surface area contributed by atoms with Gasteiger partial charge < -0.3 is 9.64 Å². The molecule has 4 rings (SSSR count). The molecule has 3 heterocycles. The fraction of sp³-hybridized carbons (Fsp3) is 0.567. The molecule has 2 aliphatic heterocycles. The van der Waals surface area contributed by atoms with E-state index in [2.05, 4.69) is 53.6 Å². The van der Waals surface area contributed by atoms with E-state index in [4.69, 9.17) is 4.74 Å². The second kappa shape index (κ2) is 11.7. The molecule has 0 radical (unpaired) electrons. The third-order valence-corrected chi connectivity index (χ3v) is 8.48. The van der Waals surface area contributed by atoms with Gasteiger partial charge in [0.25, 0.3) is 0 Å². The first kappa shape index (κ1) is 27.2. The van der Waals surface area contributed by atoms with Gasteiger partial charge in [-0.1, -0.05) is 25.5 Å². The van der Waals surface area contributed by atoms with Gasteiger partial charge in [0.1, 0.15) is 5.60 Å². The molecular weight excluding hydrogens is 482 g/mol. The predicted octanol–water partition coefficient (Wildman–Crippen LogP) is 6.38. The number of amides is 1. The normalized spacial score (nSPS) is 20.6. The quantitative estimate of drug-likeness (QED) is 0.423. The van der Waals surface area contributed by atoms with Gasteiger partial charge >= 0.3 is 6.09 Å². The van der Waals surface area contributed by atoms with Gasteiger partial charge in [-0.2, -0.15) is 5.26 Å². The number of nitrogens with zero attached hydrogens (tertiary/aromatic N) is 3. The van der Waals surface area contributed by atoms with Gasteiger partial charge in [0.15, 0.2) is 5.78 Å². The number of nitriles is 1. The molecule has 0 N–H and O–H groups in total. The Hall–Kier alpha value is -2.85. The number of ether oxygens (including phenoxy) is 1. The molecule has 3 atom stereocenters. The molecule has 1 aromatic carbocycles. The summed E-state index contributed by atoms with van der Waals surface area (Å²) in [5.41, 5.74) is 3.03. The number of benzene rings is 1. The highest BCUT2D eigenvalue weighted by Crippen LogP contribution is 2.31. The van der Waals surface area contributed by atoms with Crippen molar-refractivity contribution in [3.05, 3.63) is 51.7 Å². The van der Waals surface area contributed by atoms with E-state index in [9.17, 15) is 14.9 Å². The van der Waals surface area contributed by atoms with Crippen LogP contribution in [0.25, 0.3) is 0 Å². The van der Waals surface area contributed by atoms with Crippen LogP contribution >= 0.6 is 11.3 Å². The fourth-order valence-electron chi connectivity index (χ4n) is 5.59. The number of anilines is 1. The Labute approximate surface area is 225 Å². The molecule has 1 fully saturated rings. The minimum atomic E-state index is -0.620. The summed E-state index contributed by atoms with van der Waals surface area (Å²) in [4.78, 5) is 32.0. The Morgan fingerprint density at radius 2 is 1.95 bits per heavy atom. The number of thiophene rings is 1. The van der Waals surface area contributed by atoms with Crippen molar-refractivity contribution < 1.29 is 14.3 Å². The SMILES string of the molecule is CC[C@@H]1CCCN(C(=O)OC(C)(C)C)[C@@H]1C(=O)C[C@H](C#N)Cc1ccc(N2CCc3sccc3C2)cc1. The van der Waals surface area contributed by atoms with Crippen molar-refractivity contribution in [3.63, 3.8) is 0 Å². The fourth-order valence-corrected chi connectivity index (χ4v) is 6.48. The summed E-state index contributed by atoms with van der Waals surface area (Å²) in [6.45, 7) is 10.0. The molecule has 0 saturated carbocycles. The van der Waals surface area contributed by atoms with E-state index < -0.39 is 23.7 Å². The number of hydrogen-bond donors (Lipinski definition) is 0. The van der Waals surface area contributed by atoms with Crippen molar-refractivity contribution in [2.75, 3.05) is 18.0 Å². The molecule has 1 aromatic heterocycles. The van der Waals surface area contributed by atoms with E-state index in [1.807, 2.05) is 32.1 Å². The largest absolute Gasteiger partial charge is 0.444 e. The third-order valence-electron chi connectivity index (χ3n) is 7.46. The summed E-state index contributed by atoms with van der Waals surface area (Å²) in [6, 6.07) is 12.5. The first-order chi connectivity index (χ1) is 17.7. The summed E-state index contributed by atoms with van der Waals surface area (Å²) in [6.07, 6.45) is 3.90. The zero-order chi connectivity index (χ0) is 26.6. The van der Waals surface area contributed by atoms with Crippen molar-refractivity contribution in [3.8, 4) is 6.07 Å². The minimum Gasteiger partial charge on any atom is -0.444 e. The summed E-state index contributed by atoms with van der Waals surface area (Å²) in [5.74, 6) is -0.359. The highest BCUT2D eigenvalue weighted by molar-refractivity contribution is 7.10. The Bertz CT molecular complexity index is 1130.